The largest absolute Gasteiger partial charge is 0.478 e. The van der Waals surface area contributed by atoms with Crippen LogP contribution in [0.25, 0.3) is 11.1 Å². The molecule has 2 aliphatic carbocycles. The molecule has 0 heterocycles. The predicted octanol–water partition coefficient (Wildman–Crippen LogP) is 4.64. The third kappa shape index (κ3) is 2.40. The summed E-state index contributed by atoms with van der Waals surface area (Å²) in [6, 6.07) is 21.6. The summed E-state index contributed by atoms with van der Waals surface area (Å²) in [6.07, 6.45) is 0. The van der Waals surface area contributed by atoms with E-state index in [1.54, 1.807) is 0 Å². The molecule has 1 aromatic carbocycles. The number of hydrogen-bond acceptors (Lipinski definition) is 1. The maximum atomic E-state index is 11.5. The number of carboxylic acid groups (broad SMARTS) is 1. The van der Waals surface area contributed by atoms with Gasteiger partial charge in [0.15, 0.2) is 0 Å². The second kappa shape index (κ2) is 5.41. The Bertz CT molecular complexity index is 747. The van der Waals surface area contributed by atoms with E-state index in [0.717, 1.165) is 16.7 Å². The van der Waals surface area contributed by atoms with Crippen molar-refractivity contribution < 1.29 is 9.90 Å². The minimum Gasteiger partial charge on any atom is -0.478 e. The maximum Gasteiger partial charge on any atom is 0.336 e. The SMILES string of the molecule is CC(c1ccccc1)c1cc(C(=O)O)c2cccccc1-2. The molecule has 1 N–H and O–H groups in total. The zero-order valence-electron chi connectivity index (χ0n) is 11.8. The lowest BCUT2D eigenvalue weighted by molar-refractivity contribution is 0.0698. The summed E-state index contributed by atoms with van der Waals surface area (Å²) in [4.78, 5) is 11.5. The molecule has 1 aromatic rings. The maximum absolute atomic E-state index is 11.5. The topological polar surface area (TPSA) is 37.3 Å². The van der Waals surface area contributed by atoms with Gasteiger partial charge in [0.25, 0.3) is 0 Å². The quantitative estimate of drug-likeness (QED) is 0.756. The summed E-state index contributed by atoms with van der Waals surface area (Å²) in [5.41, 5.74) is 4.43. The van der Waals surface area contributed by atoms with Crippen molar-refractivity contribution in [2.75, 3.05) is 0 Å². The Morgan fingerprint density at radius 3 is 2.10 bits per heavy atom. The normalized spacial score (nSPS) is 12.2. The number of benzene rings is 1. The Kier molecular flexibility index (Phi) is 3.44. The molecule has 2 heteroatoms. The van der Waals surface area contributed by atoms with Crippen LogP contribution in [-0.2, 0) is 0 Å². The molecule has 2 aliphatic rings. The molecular weight excluding hydrogens is 260 g/mol. The molecule has 3 rings (SSSR count). The number of carboxylic acids is 1. The highest BCUT2D eigenvalue weighted by molar-refractivity contribution is 5.99. The monoisotopic (exact) mass is 276 g/mol. The summed E-state index contributed by atoms with van der Waals surface area (Å²) < 4.78 is 0. The molecule has 0 radical (unpaired) electrons. The van der Waals surface area contributed by atoms with Gasteiger partial charge in [0.2, 0.25) is 0 Å². The van der Waals surface area contributed by atoms with Gasteiger partial charge in [-0.1, -0.05) is 67.6 Å². The van der Waals surface area contributed by atoms with Gasteiger partial charge in [-0.25, -0.2) is 4.79 Å². The highest BCUT2D eigenvalue weighted by Gasteiger charge is 2.22. The van der Waals surface area contributed by atoms with Crippen LogP contribution in [0.5, 0.6) is 0 Å². The Balaban J connectivity index is 2.18. The van der Waals surface area contributed by atoms with E-state index in [1.165, 1.54) is 5.56 Å². The van der Waals surface area contributed by atoms with Crippen molar-refractivity contribution in [3.8, 4) is 11.1 Å². The van der Waals surface area contributed by atoms with Gasteiger partial charge in [0.1, 0.15) is 0 Å². The van der Waals surface area contributed by atoms with Crippen LogP contribution >= 0.6 is 0 Å². The third-order valence-electron chi connectivity index (χ3n) is 3.94. The molecule has 0 aliphatic heterocycles. The first-order valence-electron chi connectivity index (χ1n) is 6.98. The van der Waals surface area contributed by atoms with Crippen LogP contribution in [0.2, 0.25) is 0 Å². The fourth-order valence-corrected chi connectivity index (χ4v) is 2.80. The average molecular weight is 276 g/mol. The summed E-state index contributed by atoms with van der Waals surface area (Å²) in [5.74, 6) is -0.720. The van der Waals surface area contributed by atoms with Gasteiger partial charge in [-0.2, -0.15) is 0 Å². The average Bonchev–Trinajstić information content (AvgIpc) is 2.69. The van der Waals surface area contributed by atoms with E-state index in [0.29, 0.717) is 5.56 Å². The third-order valence-corrected chi connectivity index (χ3v) is 3.94. The van der Waals surface area contributed by atoms with Crippen LogP contribution in [-0.4, -0.2) is 11.1 Å². The van der Waals surface area contributed by atoms with Crippen LogP contribution < -0.4 is 0 Å². The van der Waals surface area contributed by atoms with Gasteiger partial charge < -0.3 is 5.11 Å². The van der Waals surface area contributed by atoms with E-state index in [-0.39, 0.29) is 5.92 Å². The highest BCUT2D eigenvalue weighted by atomic mass is 16.4. The van der Waals surface area contributed by atoms with Crippen molar-refractivity contribution >= 4 is 5.97 Å². The first-order valence-corrected chi connectivity index (χ1v) is 6.98. The number of aromatic carboxylic acids is 1. The Morgan fingerprint density at radius 1 is 0.905 bits per heavy atom. The summed E-state index contributed by atoms with van der Waals surface area (Å²) in [6.45, 7) is 2.11. The summed E-state index contributed by atoms with van der Waals surface area (Å²) in [5, 5.41) is 9.43. The second-order valence-corrected chi connectivity index (χ2v) is 5.19. The van der Waals surface area contributed by atoms with Crippen LogP contribution in [0.15, 0.2) is 66.7 Å². The van der Waals surface area contributed by atoms with Crippen LogP contribution in [0.1, 0.15) is 34.3 Å². The van der Waals surface area contributed by atoms with Gasteiger partial charge in [0, 0.05) is 5.92 Å². The molecule has 0 fully saturated rings. The number of carbonyl (C=O) groups is 1. The van der Waals surface area contributed by atoms with Gasteiger partial charge >= 0.3 is 5.97 Å². The lowest BCUT2D eigenvalue weighted by atomic mass is 9.92. The molecule has 1 unspecified atom stereocenters. The second-order valence-electron chi connectivity index (χ2n) is 5.19. The minimum atomic E-state index is -0.877. The van der Waals surface area contributed by atoms with Gasteiger partial charge in [-0.3, -0.25) is 0 Å². The molecule has 104 valence electrons. The molecule has 0 bridgehead atoms. The molecular formula is C19H16O2. The van der Waals surface area contributed by atoms with Crippen molar-refractivity contribution in [1.82, 2.24) is 0 Å². The minimum absolute atomic E-state index is 0.157. The number of hydrogen-bond donors (Lipinski definition) is 1. The van der Waals surface area contributed by atoms with Crippen molar-refractivity contribution in [2.24, 2.45) is 0 Å². The van der Waals surface area contributed by atoms with Crippen molar-refractivity contribution in [3.63, 3.8) is 0 Å². The van der Waals surface area contributed by atoms with Gasteiger partial charge in [-0.15, -0.1) is 0 Å². The molecule has 0 spiro atoms. The van der Waals surface area contributed by atoms with E-state index < -0.39 is 5.97 Å². The molecule has 0 saturated heterocycles. The summed E-state index contributed by atoms with van der Waals surface area (Å²) >= 11 is 0. The molecule has 0 saturated carbocycles. The molecule has 0 amide bonds. The molecule has 1 atom stereocenters. The van der Waals surface area contributed by atoms with Crippen LogP contribution in [0, 0.1) is 0 Å². The van der Waals surface area contributed by atoms with Crippen molar-refractivity contribution in [1.29, 1.82) is 0 Å². The Labute approximate surface area is 124 Å². The van der Waals surface area contributed by atoms with E-state index in [9.17, 15) is 9.90 Å². The van der Waals surface area contributed by atoms with E-state index in [2.05, 4.69) is 19.1 Å². The number of rotatable bonds is 3. The number of fused-ring (bicyclic) bond motifs is 1. The Morgan fingerprint density at radius 2 is 1.48 bits per heavy atom. The predicted molar refractivity (Wildman–Crippen MR) is 84.0 cm³/mol. The van der Waals surface area contributed by atoms with E-state index in [1.807, 2.05) is 54.6 Å². The van der Waals surface area contributed by atoms with E-state index >= 15 is 0 Å². The molecule has 0 aromatic heterocycles. The zero-order chi connectivity index (χ0) is 14.8. The van der Waals surface area contributed by atoms with Crippen molar-refractivity contribution in [3.05, 3.63) is 83.4 Å². The molecule has 21 heavy (non-hydrogen) atoms. The van der Waals surface area contributed by atoms with E-state index in [4.69, 9.17) is 0 Å². The van der Waals surface area contributed by atoms with Crippen LogP contribution in [0.4, 0.5) is 0 Å². The lowest BCUT2D eigenvalue weighted by Crippen LogP contribution is -1.95. The lowest BCUT2D eigenvalue weighted by Gasteiger charge is -2.12. The Hall–Kier alpha value is -2.61. The van der Waals surface area contributed by atoms with Gasteiger partial charge in [0.05, 0.1) is 5.56 Å². The smallest absolute Gasteiger partial charge is 0.336 e. The first-order chi connectivity index (χ1) is 10.2. The van der Waals surface area contributed by atoms with Crippen molar-refractivity contribution in [2.45, 2.75) is 12.8 Å². The fourth-order valence-electron chi connectivity index (χ4n) is 2.80. The van der Waals surface area contributed by atoms with Crippen LogP contribution in [0.3, 0.4) is 0 Å². The zero-order valence-corrected chi connectivity index (χ0v) is 11.8. The molecule has 2 nitrogen and oxygen atoms in total. The summed E-state index contributed by atoms with van der Waals surface area (Å²) in [7, 11) is 0. The van der Waals surface area contributed by atoms with Gasteiger partial charge in [-0.05, 0) is 28.3 Å². The fraction of sp³-hybridized carbons (Fsp3) is 0.105. The highest BCUT2D eigenvalue weighted by Crippen LogP contribution is 2.38. The first kappa shape index (κ1) is 13.4. The standard InChI is InChI=1S/C19H16O2/c1-13(14-8-4-2-5-9-14)17-12-18(19(20)21)16-11-7-3-6-10-15(16)17/h2-13H,1H3,(H,20,21).